The minimum atomic E-state index is -0.315. The number of aryl methyl sites for hydroxylation is 2. The average molecular weight is 374 g/mol. The fourth-order valence-corrected chi connectivity index (χ4v) is 4.79. The molecular formula is C18H18N2O3S2. The maximum atomic E-state index is 12.4. The van der Waals surface area contributed by atoms with Gasteiger partial charge in [0.1, 0.15) is 6.26 Å². The lowest BCUT2D eigenvalue weighted by Gasteiger charge is -2.37. The molecule has 7 heteroatoms. The molecular weight excluding hydrogens is 356 g/mol. The van der Waals surface area contributed by atoms with Gasteiger partial charge in [0.05, 0.1) is 4.91 Å². The number of hydroxylamine groups is 2. The zero-order valence-electron chi connectivity index (χ0n) is 13.7. The van der Waals surface area contributed by atoms with Gasteiger partial charge in [-0.1, -0.05) is 23.3 Å². The normalized spacial score (nSPS) is 20.9. The van der Waals surface area contributed by atoms with E-state index >= 15 is 0 Å². The van der Waals surface area contributed by atoms with Crippen LogP contribution in [0.25, 0.3) is 6.08 Å². The van der Waals surface area contributed by atoms with Crippen molar-refractivity contribution in [3.05, 3.63) is 46.6 Å². The van der Waals surface area contributed by atoms with Gasteiger partial charge in [0.2, 0.25) is 0 Å². The molecule has 1 amide bonds. The third-order valence-corrected chi connectivity index (χ3v) is 5.86. The maximum absolute atomic E-state index is 12.4. The summed E-state index contributed by atoms with van der Waals surface area (Å²) in [6.45, 7) is 5.68. The first-order valence-electron chi connectivity index (χ1n) is 8.30. The first-order valence-corrected chi connectivity index (χ1v) is 9.53. The summed E-state index contributed by atoms with van der Waals surface area (Å²) in [4.78, 5) is 25.0. The van der Waals surface area contributed by atoms with Gasteiger partial charge in [-0.05, 0) is 72.8 Å². The molecule has 0 N–H and O–H groups in total. The van der Waals surface area contributed by atoms with Crippen LogP contribution in [-0.4, -0.2) is 28.4 Å². The van der Waals surface area contributed by atoms with E-state index in [2.05, 4.69) is 28.5 Å². The van der Waals surface area contributed by atoms with Gasteiger partial charge in [0, 0.05) is 18.8 Å². The molecule has 3 aliphatic heterocycles. The van der Waals surface area contributed by atoms with E-state index < -0.39 is 0 Å². The lowest BCUT2D eigenvalue weighted by molar-refractivity contribution is -0.350. The van der Waals surface area contributed by atoms with Crippen LogP contribution in [0.3, 0.4) is 0 Å². The number of carbonyl (C=O) groups is 1. The standard InChI is InChI=1S/C18H18N2O3S2/c1-2-22-23-20-17(21)15(25-18(20)24)11-12-9-13-5-3-7-19-8-4-6-14(10-12)16(13)19/h2,9-11H,1,3-8H2. The Balaban J connectivity index is 1.65. The number of nitrogens with zero attached hydrogens (tertiary/aromatic N) is 2. The molecule has 3 aliphatic rings. The van der Waals surface area contributed by atoms with E-state index in [9.17, 15) is 4.79 Å². The minimum Gasteiger partial charge on any atom is -0.371 e. The second-order valence-electron chi connectivity index (χ2n) is 6.20. The van der Waals surface area contributed by atoms with Crippen LogP contribution in [0.2, 0.25) is 0 Å². The number of amides is 1. The molecule has 0 bridgehead atoms. The van der Waals surface area contributed by atoms with Gasteiger partial charge in [0.25, 0.3) is 5.91 Å². The summed E-state index contributed by atoms with van der Waals surface area (Å²) in [6.07, 6.45) is 7.55. The number of hydrogen-bond acceptors (Lipinski definition) is 6. The quantitative estimate of drug-likeness (QED) is 0.264. The second kappa shape index (κ2) is 6.82. The summed E-state index contributed by atoms with van der Waals surface area (Å²) >= 11 is 6.39. The predicted octanol–water partition coefficient (Wildman–Crippen LogP) is 3.59. The van der Waals surface area contributed by atoms with Gasteiger partial charge in [0.15, 0.2) is 4.32 Å². The molecule has 0 spiro atoms. The van der Waals surface area contributed by atoms with Gasteiger partial charge in [-0.25, -0.2) is 0 Å². The minimum absolute atomic E-state index is 0.309. The van der Waals surface area contributed by atoms with Crippen LogP contribution in [0.1, 0.15) is 29.5 Å². The van der Waals surface area contributed by atoms with Crippen LogP contribution in [0.15, 0.2) is 29.9 Å². The Hall–Kier alpha value is -1.83. The Kier molecular flexibility index (Phi) is 4.54. The highest BCUT2D eigenvalue weighted by Gasteiger charge is 2.35. The second-order valence-corrected chi connectivity index (χ2v) is 7.87. The molecule has 0 saturated carbocycles. The molecule has 1 fully saturated rings. The molecule has 0 radical (unpaired) electrons. The van der Waals surface area contributed by atoms with Crippen LogP contribution in [0, 0.1) is 0 Å². The van der Waals surface area contributed by atoms with E-state index in [1.165, 1.54) is 41.4 Å². The third kappa shape index (κ3) is 3.07. The van der Waals surface area contributed by atoms with Crippen molar-refractivity contribution < 1.29 is 14.7 Å². The summed E-state index contributed by atoms with van der Waals surface area (Å²) in [5.41, 5.74) is 5.24. The van der Waals surface area contributed by atoms with Crippen molar-refractivity contribution in [2.24, 2.45) is 0 Å². The Morgan fingerprint density at radius 3 is 2.52 bits per heavy atom. The Morgan fingerprint density at radius 2 is 1.88 bits per heavy atom. The van der Waals surface area contributed by atoms with E-state index in [1.807, 2.05) is 6.08 Å². The van der Waals surface area contributed by atoms with Crippen molar-refractivity contribution in [2.75, 3.05) is 18.0 Å². The van der Waals surface area contributed by atoms with Crippen molar-refractivity contribution in [3.63, 3.8) is 0 Å². The monoisotopic (exact) mass is 374 g/mol. The van der Waals surface area contributed by atoms with Crippen LogP contribution in [-0.2, 0) is 27.5 Å². The van der Waals surface area contributed by atoms with Crippen molar-refractivity contribution >= 4 is 46.0 Å². The summed E-state index contributed by atoms with van der Waals surface area (Å²) in [5.74, 6) is -0.315. The Labute approximate surface area is 156 Å². The van der Waals surface area contributed by atoms with Crippen LogP contribution in [0.5, 0.6) is 0 Å². The lowest BCUT2D eigenvalue weighted by atomic mass is 9.90. The number of thioether (sulfide) groups is 1. The molecule has 4 rings (SSSR count). The number of rotatable bonds is 4. The number of hydrogen-bond donors (Lipinski definition) is 0. The van der Waals surface area contributed by atoms with Crippen molar-refractivity contribution in [1.82, 2.24) is 5.06 Å². The molecule has 130 valence electrons. The maximum Gasteiger partial charge on any atom is 0.293 e. The van der Waals surface area contributed by atoms with Crippen LogP contribution >= 0.6 is 24.0 Å². The van der Waals surface area contributed by atoms with Gasteiger partial charge >= 0.3 is 0 Å². The molecule has 0 atom stereocenters. The van der Waals surface area contributed by atoms with Crippen LogP contribution in [0.4, 0.5) is 5.69 Å². The van der Waals surface area contributed by atoms with E-state index in [0.29, 0.717) is 9.23 Å². The number of benzene rings is 1. The smallest absolute Gasteiger partial charge is 0.293 e. The summed E-state index contributed by atoms with van der Waals surface area (Å²) in [5, 5.41) is 0.970. The molecule has 0 aliphatic carbocycles. The fourth-order valence-electron chi connectivity index (χ4n) is 3.66. The average Bonchev–Trinajstić information content (AvgIpc) is 2.87. The van der Waals surface area contributed by atoms with Gasteiger partial charge in [-0.15, -0.1) is 5.06 Å². The van der Waals surface area contributed by atoms with E-state index in [1.54, 1.807) is 0 Å². The van der Waals surface area contributed by atoms with Gasteiger partial charge in [-0.2, -0.15) is 0 Å². The lowest BCUT2D eigenvalue weighted by Crippen LogP contribution is -2.34. The Morgan fingerprint density at radius 1 is 1.20 bits per heavy atom. The van der Waals surface area contributed by atoms with Crippen molar-refractivity contribution in [1.29, 1.82) is 0 Å². The molecule has 0 aromatic heterocycles. The number of anilines is 1. The van der Waals surface area contributed by atoms with E-state index in [4.69, 9.17) is 17.2 Å². The first kappa shape index (κ1) is 16.6. The van der Waals surface area contributed by atoms with Crippen LogP contribution < -0.4 is 4.90 Å². The van der Waals surface area contributed by atoms with Crippen molar-refractivity contribution in [2.45, 2.75) is 25.7 Å². The summed E-state index contributed by atoms with van der Waals surface area (Å²) in [7, 11) is 0. The highest BCUT2D eigenvalue weighted by molar-refractivity contribution is 8.26. The van der Waals surface area contributed by atoms with Gasteiger partial charge < -0.3 is 9.79 Å². The molecule has 5 nitrogen and oxygen atoms in total. The molecule has 1 aromatic rings. The highest BCUT2D eigenvalue weighted by atomic mass is 32.2. The largest absolute Gasteiger partial charge is 0.371 e. The molecule has 25 heavy (non-hydrogen) atoms. The zero-order chi connectivity index (χ0) is 17.4. The molecule has 1 saturated heterocycles. The zero-order valence-corrected chi connectivity index (χ0v) is 15.3. The van der Waals surface area contributed by atoms with Gasteiger partial charge in [-0.3, -0.25) is 4.79 Å². The third-order valence-electron chi connectivity index (χ3n) is 4.60. The molecule has 0 unspecified atom stereocenters. The van der Waals surface area contributed by atoms with E-state index in [0.717, 1.165) is 42.8 Å². The number of carbonyl (C=O) groups excluding carboxylic acids is 1. The van der Waals surface area contributed by atoms with E-state index in [-0.39, 0.29) is 5.91 Å². The SMILES string of the molecule is C=COON1C(=O)C(=Cc2cc3c4c(c2)CCCN4CCC3)SC1=S. The Bertz CT molecular complexity index is 760. The number of thiocarbonyl (C=S) groups is 1. The van der Waals surface area contributed by atoms with Crippen molar-refractivity contribution in [3.8, 4) is 0 Å². The summed E-state index contributed by atoms with van der Waals surface area (Å²) in [6, 6.07) is 4.40. The molecule has 1 aromatic carbocycles. The molecule has 3 heterocycles. The summed E-state index contributed by atoms with van der Waals surface area (Å²) < 4.78 is 0.309. The predicted molar refractivity (Wildman–Crippen MR) is 103 cm³/mol. The fraction of sp³-hybridized carbons (Fsp3) is 0.333. The topological polar surface area (TPSA) is 42.0 Å². The first-order chi connectivity index (χ1) is 12.2. The highest BCUT2D eigenvalue weighted by Crippen LogP contribution is 2.38.